The van der Waals surface area contributed by atoms with E-state index in [4.69, 9.17) is 4.74 Å². The summed E-state index contributed by atoms with van der Waals surface area (Å²) in [4.78, 5) is 16.7. The molecule has 0 N–H and O–H groups in total. The van der Waals surface area contributed by atoms with Gasteiger partial charge in [-0.3, -0.25) is 4.79 Å². The van der Waals surface area contributed by atoms with Crippen LogP contribution in [0.15, 0.2) is 42.5 Å². The van der Waals surface area contributed by atoms with Crippen LogP contribution < -0.4 is 9.64 Å². The molecular formula is C27H39FN2O2. The highest BCUT2D eigenvalue weighted by Crippen LogP contribution is 2.21. The predicted molar refractivity (Wildman–Crippen MR) is 131 cm³/mol. The van der Waals surface area contributed by atoms with Gasteiger partial charge in [-0.25, -0.2) is 4.39 Å². The first-order valence-electron chi connectivity index (χ1n) is 11.9. The number of unbranched alkanes of at least 4 members (excludes halogenated alkanes) is 5. The molecule has 4 nitrogen and oxygen atoms in total. The summed E-state index contributed by atoms with van der Waals surface area (Å²) in [7, 11) is 3.94. The SMILES string of the molecule is CCCCCN(C)CCCCCCOc1ccc(N(C)C(=O)c2ccc(F)c(C)c2)cc1. The molecule has 0 saturated carbocycles. The van der Waals surface area contributed by atoms with Crippen LogP contribution in [0.3, 0.4) is 0 Å². The zero-order chi connectivity index (χ0) is 23.3. The topological polar surface area (TPSA) is 32.8 Å². The fraction of sp³-hybridized carbons (Fsp3) is 0.519. The maximum atomic E-state index is 13.5. The molecule has 0 aromatic heterocycles. The highest BCUT2D eigenvalue weighted by atomic mass is 19.1. The molecule has 2 aromatic carbocycles. The van der Waals surface area contributed by atoms with Crippen molar-refractivity contribution in [2.24, 2.45) is 0 Å². The van der Waals surface area contributed by atoms with Crippen LogP contribution in [0, 0.1) is 12.7 Å². The van der Waals surface area contributed by atoms with Crippen molar-refractivity contribution in [2.45, 2.75) is 58.8 Å². The van der Waals surface area contributed by atoms with Crippen LogP contribution in [0.2, 0.25) is 0 Å². The van der Waals surface area contributed by atoms with Crippen LogP contribution in [-0.4, -0.2) is 44.6 Å². The van der Waals surface area contributed by atoms with E-state index in [1.165, 1.54) is 63.7 Å². The predicted octanol–water partition coefficient (Wildman–Crippen LogP) is 6.47. The van der Waals surface area contributed by atoms with Crippen LogP contribution in [0.4, 0.5) is 10.1 Å². The Bertz CT molecular complexity index is 823. The van der Waals surface area contributed by atoms with Crippen molar-refractivity contribution in [3.63, 3.8) is 0 Å². The van der Waals surface area contributed by atoms with Crippen molar-refractivity contribution in [1.29, 1.82) is 0 Å². The first kappa shape index (κ1) is 25.9. The second-order valence-electron chi connectivity index (χ2n) is 8.60. The zero-order valence-corrected chi connectivity index (χ0v) is 20.2. The van der Waals surface area contributed by atoms with Crippen molar-refractivity contribution in [3.8, 4) is 5.75 Å². The molecule has 1 amide bonds. The second-order valence-corrected chi connectivity index (χ2v) is 8.60. The summed E-state index contributed by atoms with van der Waals surface area (Å²) in [6.07, 6.45) is 8.60. The smallest absolute Gasteiger partial charge is 0.258 e. The van der Waals surface area contributed by atoms with E-state index in [9.17, 15) is 9.18 Å². The molecule has 0 atom stereocenters. The lowest BCUT2D eigenvalue weighted by Crippen LogP contribution is -2.26. The minimum Gasteiger partial charge on any atom is -0.494 e. The Balaban J connectivity index is 1.67. The lowest BCUT2D eigenvalue weighted by molar-refractivity contribution is 0.0993. The molecule has 0 fully saturated rings. The molecule has 0 unspecified atom stereocenters. The van der Waals surface area contributed by atoms with E-state index in [-0.39, 0.29) is 11.7 Å². The molecule has 0 bridgehead atoms. The number of hydrogen-bond acceptors (Lipinski definition) is 3. The fourth-order valence-electron chi connectivity index (χ4n) is 3.63. The largest absolute Gasteiger partial charge is 0.494 e. The Morgan fingerprint density at radius 1 is 0.906 bits per heavy atom. The number of carbonyl (C=O) groups excluding carboxylic acids is 1. The third-order valence-corrected chi connectivity index (χ3v) is 5.78. The number of halogens is 1. The summed E-state index contributed by atoms with van der Waals surface area (Å²) in [6.45, 7) is 6.99. The number of carbonyl (C=O) groups is 1. The van der Waals surface area contributed by atoms with Crippen molar-refractivity contribution in [3.05, 3.63) is 59.4 Å². The monoisotopic (exact) mass is 442 g/mol. The number of benzene rings is 2. The van der Waals surface area contributed by atoms with Gasteiger partial charge in [-0.05, 0) is 94.4 Å². The number of aryl methyl sites for hydroxylation is 1. The average Bonchev–Trinajstić information content (AvgIpc) is 2.80. The quantitative estimate of drug-likeness (QED) is 0.314. The average molecular weight is 443 g/mol. The van der Waals surface area contributed by atoms with Gasteiger partial charge in [-0.2, -0.15) is 0 Å². The Morgan fingerprint density at radius 3 is 2.22 bits per heavy atom. The standard InChI is InChI=1S/C27H39FN2O2/c1-5-6-9-18-29(3)19-10-7-8-11-20-32-25-15-13-24(14-16-25)30(4)27(31)23-12-17-26(28)22(2)21-23/h12-17,21H,5-11,18-20H2,1-4H3. The van der Waals surface area contributed by atoms with Crippen LogP contribution in [-0.2, 0) is 0 Å². The fourth-order valence-corrected chi connectivity index (χ4v) is 3.63. The molecule has 0 aliphatic heterocycles. The van der Waals surface area contributed by atoms with Gasteiger partial charge in [0.1, 0.15) is 11.6 Å². The van der Waals surface area contributed by atoms with Crippen LogP contribution in [0.5, 0.6) is 5.75 Å². The van der Waals surface area contributed by atoms with Gasteiger partial charge in [-0.15, -0.1) is 0 Å². The van der Waals surface area contributed by atoms with Gasteiger partial charge in [0.2, 0.25) is 0 Å². The molecule has 0 radical (unpaired) electrons. The minimum atomic E-state index is -0.305. The first-order chi connectivity index (χ1) is 15.4. The number of hydrogen-bond donors (Lipinski definition) is 0. The maximum absolute atomic E-state index is 13.5. The van der Waals surface area contributed by atoms with Gasteiger partial charge in [0.25, 0.3) is 5.91 Å². The summed E-state index contributed by atoms with van der Waals surface area (Å²) in [5.41, 5.74) is 1.71. The number of rotatable bonds is 14. The molecule has 2 aromatic rings. The highest BCUT2D eigenvalue weighted by Gasteiger charge is 2.14. The van der Waals surface area contributed by atoms with E-state index in [1.807, 2.05) is 24.3 Å². The zero-order valence-electron chi connectivity index (χ0n) is 20.2. The van der Waals surface area contributed by atoms with Gasteiger partial charge in [-0.1, -0.05) is 32.6 Å². The molecular weight excluding hydrogens is 403 g/mol. The summed E-state index contributed by atoms with van der Waals surface area (Å²) in [6, 6.07) is 12.0. The first-order valence-corrected chi connectivity index (χ1v) is 11.9. The number of nitrogens with zero attached hydrogens (tertiary/aromatic N) is 2. The Kier molecular flexibility index (Phi) is 11.2. The highest BCUT2D eigenvalue weighted by molar-refractivity contribution is 6.05. The van der Waals surface area contributed by atoms with E-state index >= 15 is 0 Å². The summed E-state index contributed by atoms with van der Waals surface area (Å²) >= 11 is 0. The van der Waals surface area contributed by atoms with Gasteiger partial charge >= 0.3 is 0 Å². The van der Waals surface area contributed by atoms with E-state index in [0.29, 0.717) is 17.7 Å². The van der Waals surface area contributed by atoms with Crippen LogP contribution >= 0.6 is 0 Å². The van der Waals surface area contributed by atoms with Gasteiger partial charge in [0.05, 0.1) is 6.61 Å². The van der Waals surface area contributed by atoms with E-state index in [2.05, 4.69) is 18.9 Å². The van der Waals surface area contributed by atoms with Crippen molar-refractivity contribution < 1.29 is 13.9 Å². The van der Waals surface area contributed by atoms with Gasteiger partial charge < -0.3 is 14.5 Å². The van der Waals surface area contributed by atoms with E-state index < -0.39 is 0 Å². The molecule has 32 heavy (non-hydrogen) atoms. The lowest BCUT2D eigenvalue weighted by Gasteiger charge is -2.18. The Hall–Kier alpha value is -2.40. The van der Waals surface area contributed by atoms with Crippen LogP contribution in [0.25, 0.3) is 0 Å². The third-order valence-electron chi connectivity index (χ3n) is 5.78. The molecule has 0 spiro atoms. The summed E-state index contributed by atoms with van der Waals surface area (Å²) in [5, 5.41) is 0. The van der Waals surface area contributed by atoms with Crippen molar-refractivity contribution in [1.82, 2.24) is 4.90 Å². The normalized spacial score (nSPS) is 11.1. The number of amides is 1. The Labute approximate surface area is 193 Å². The second kappa shape index (κ2) is 13.9. The maximum Gasteiger partial charge on any atom is 0.258 e. The molecule has 2 rings (SSSR count). The molecule has 0 aliphatic carbocycles. The Morgan fingerprint density at radius 2 is 1.56 bits per heavy atom. The minimum absolute atomic E-state index is 0.169. The molecule has 5 heteroatoms. The number of ether oxygens (including phenoxy) is 1. The third kappa shape index (κ3) is 8.62. The molecule has 0 aliphatic rings. The van der Waals surface area contributed by atoms with Crippen molar-refractivity contribution >= 4 is 11.6 Å². The molecule has 0 saturated heterocycles. The summed E-state index contributed by atoms with van der Waals surface area (Å²) in [5.74, 6) is 0.334. The van der Waals surface area contributed by atoms with Gasteiger partial charge in [0, 0.05) is 18.3 Å². The van der Waals surface area contributed by atoms with Crippen molar-refractivity contribution in [2.75, 3.05) is 38.7 Å². The lowest BCUT2D eigenvalue weighted by atomic mass is 10.1. The van der Waals surface area contributed by atoms with E-state index in [0.717, 1.165) is 17.9 Å². The van der Waals surface area contributed by atoms with Crippen LogP contribution in [0.1, 0.15) is 67.8 Å². The molecule has 176 valence electrons. The summed E-state index contributed by atoms with van der Waals surface area (Å²) < 4.78 is 19.3. The van der Waals surface area contributed by atoms with Gasteiger partial charge in [0.15, 0.2) is 0 Å². The molecule has 0 heterocycles. The van der Waals surface area contributed by atoms with E-state index in [1.54, 1.807) is 24.9 Å². The number of anilines is 1.